The molecule has 1 N–H and O–H groups in total. The molecule has 3 rings (SSSR count). The van der Waals surface area contributed by atoms with E-state index in [9.17, 15) is 9.59 Å². The van der Waals surface area contributed by atoms with E-state index in [2.05, 4.69) is 10.3 Å². The quantitative estimate of drug-likeness (QED) is 0.591. The zero-order valence-corrected chi connectivity index (χ0v) is 17.5. The molecule has 0 spiro atoms. The second-order valence-electron chi connectivity index (χ2n) is 6.54. The molecule has 6 nitrogen and oxygen atoms in total. The molecule has 0 aliphatic carbocycles. The van der Waals surface area contributed by atoms with Crippen molar-refractivity contribution in [2.45, 2.75) is 13.3 Å². The van der Waals surface area contributed by atoms with Crippen molar-refractivity contribution in [2.24, 2.45) is 0 Å². The minimum Gasteiger partial charge on any atom is -0.466 e. The van der Waals surface area contributed by atoms with Gasteiger partial charge in [-0.2, -0.15) is 0 Å². The van der Waals surface area contributed by atoms with E-state index in [1.165, 1.54) is 11.3 Å². The summed E-state index contributed by atoms with van der Waals surface area (Å²) < 4.78 is 5.08. The molecule has 0 aliphatic rings. The van der Waals surface area contributed by atoms with Crippen molar-refractivity contribution in [1.29, 1.82) is 0 Å². The number of nitrogens with one attached hydrogen (secondary N) is 1. The maximum atomic E-state index is 12.7. The Morgan fingerprint density at radius 3 is 2.55 bits per heavy atom. The van der Waals surface area contributed by atoms with Gasteiger partial charge in [0, 0.05) is 35.8 Å². The Hall–Kier alpha value is -3.19. The fourth-order valence-electron chi connectivity index (χ4n) is 2.78. The molecule has 0 bridgehead atoms. The summed E-state index contributed by atoms with van der Waals surface area (Å²) in [4.78, 5) is 32.0. The summed E-state index contributed by atoms with van der Waals surface area (Å²) in [5.74, 6) is -0.561. The van der Waals surface area contributed by atoms with Gasteiger partial charge in [-0.3, -0.25) is 14.9 Å². The van der Waals surface area contributed by atoms with E-state index in [1.807, 2.05) is 67.5 Å². The molecule has 1 amide bonds. The predicted molar refractivity (Wildman–Crippen MR) is 117 cm³/mol. The first-order valence-corrected chi connectivity index (χ1v) is 10.1. The molecular formula is C22H23N3O3S. The SMILES string of the molecule is CCOC(=O)Cc1sc(NC(=O)c2cccc(N(C)C)c2)nc1-c1ccccc1. The van der Waals surface area contributed by atoms with E-state index in [4.69, 9.17) is 4.74 Å². The third-order valence-electron chi connectivity index (χ3n) is 4.20. The summed E-state index contributed by atoms with van der Waals surface area (Å²) >= 11 is 1.29. The highest BCUT2D eigenvalue weighted by Gasteiger charge is 2.18. The molecule has 1 aromatic heterocycles. The lowest BCUT2D eigenvalue weighted by atomic mass is 10.1. The van der Waals surface area contributed by atoms with E-state index in [-0.39, 0.29) is 18.3 Å². The number of anilines is 2. The van der Waals surface area contributed by atoms with Crippen LogP contribution in [-0.4, -0.2) is 37.6 Å². The van der Waals surface area contributed by atoms with E-state index < -0.39 is 0 Å². The lowest BCUT2D eigenvalue weighted by Gasteiger charge is -2.13. The van der Waals surface area contributed by atoms with Crippen LogP contribution in [-0.2, 0) is 16.0 Å². The number of ether oxygens (including phenoxy) is 1. The standard InChI is InChI=1S/C22H23N3O3S/c1-4-28-19(26)14-18-20(15-9-6-5-7-10-15)23-22(29-18)24-21(27)16-11-8-12-17(13-16)25(2)3/h5-13H,4,14H2,1-3H3,(H,23,24,27). The van der Waals surface area contributed by atoms with E-state index in [0.29, 0.717) is 23.0 Å². The van der Waals surface area contributed by atoms with Crippen LogP contribution in [0.2, 0.25) is 0 Å². The van der Waals surface area contributed by atoms with Crippen molar-refractivity contribution in [3.8, 4) is 11.3 Å². The summed E-state index contributed by atoms with van der Waals surface area (Å²) in [5, 5.41) is 3.31. The minimum absolute atomic E-state index is 0.113. The van der Waals surface area contributed by atoms with Gasteiger partial charge in [0.15, 0.2) is 5.13 Å². The Morgan fingerprint density at radius 1 is 1.10 bits per heavy atom. The molecule has 3 aromatic rings. The lowest BCUT2D eigenvalue weighted by molar-refractivity contribution is -0.142. The molecule has 0 unspecified atom stereocenters. The zero-order valence-electron chi connectivity index (χ0n) is 16.6. The van der Waals surface area contributed by atoms with Crippen molar-refractivity contribution in [3.05, 3.63) is 65.0 Å². The number of rotatable bonds is 7. The van der Waals surface area contributed by atoms with Gasteiger partial charge in [0.25, 0.3) is 5.91 Å². The second-order valence-corrected chi connectivity index (χ2v) is 7.62. The third kappa shape index (κ3) is 5.20. The smallest absolute Gasteiger partial charge is 0.311 e. The van der Waals surface area contributed by atoms with E-state index in [0.717, 1.165) is 16.1 Å². The summed E-state index contributed by atoms with van der Waals surface area (Å²) in [6.45, 7) is 2.10. The first-order valence-electron chi connectivity index (χ1n) is 9.27. The summed E-state index contributed by atoms with van der Waals surface area (Å²) in [6.07, 6.45) is 0.113. The molecule has 150 valence electrons. The maximum absolute atomic E-state index is 12.7. The van der Waals surface area contributed by atoms with E-state index in [1.54, 1.807) is 13.0 Å². The molecular weight excluding hydrogens is 386 g/mol. The van der Waals surface area contributed by atoms with Crippen LogP contribution in [0.1, 0.15) is 22.2 Å². The maximum Gasteiger partial charge on any atom is 0.311 e. The largest absolute Gasteiger partial charge is 0.466 e. The second kappa shape index (κ2) is 9.34. The van der Waals surface area contributed by atoms with Gasteiger partial charge in [0.2, 0.25) is 0 Å². The minimum atomic E-state index is -0.315. The number of esters is 1. The molecule has 0 saturated carbocycles. The Morgan fingerprint density at radius 2 is 1.86 bits per heavy atom. The fraction of sp³-hybridized carbons (Fsp3) is 0.227. The normalized spacial score (nSPS) is 10.4. The molecule has 29 heavy (non-hydrogen) atoms. The van der Waals surface area contributed by atoms with Gasteiger partial charge < -0.3 is 9.64 Å². The highest BCUT2D eigenvalue weighted by atomic mass is 32.1. The first kappa shape index (κ1) is 20.5. The van der Waals surface area contributed by atoms with Crippen LogP contribution in [0, 0.1) is 0 Å². The third-order valence-corrected chi connectivity index (χ3v) is 5.17. The number of hydrogen-bond acceptors (Lipinski definition) is 6. The zero-order chi connectivity index (χ0) is 20.8. The van der Waals surface area contributed by atoms with Crippen LogP contribution < -0.4 is 10.2 Å². The number of thiazole rings is 1. The number of carbonyl (C=O) groups is 2. The van der Waals surface area contributed by atoms with Gasteiger partial charge in [-0.15, -0.1) is 11.3 Å². The number of benzene rings is 2. The van der Waals surface area contributed by atoms with Gasteiger partial charge in [-0.05, 0) is 25.1 Å². The van der Waals surface area contributed by atoms with Crippen molar-refractivity contribution in [1.82, 2.24) is 4.98 Å². The fourth-order valence-corrected chi connectivity index (χ4v) is 3.75. The van der Waals surface area contributed by atoms with Crippen molar-refractivity contribution in [2.75, 3.05) is 30.9 Å². The van der Waals surface area contributed by atoms with Crippen LogP contribution in [0.5, 0.6) is 0 Å². The molecule has 0 atom stereocenters. The number of carbonyl (C=O) groups excluding carboxylic acids is 2. The summed E-state index contributed by atoms with van der Waals surface area (Å²) in [5.41, 5.74) is 3.04. The average Bonchev–Trinajstić information content (AvgIpc) is 3.10. The Labute approximate surface area is 174 Å². The molecule has 2 aromatic carbocycles. The lowest BCUT2D eigenvalue weighted by Crippen LogP contribution is -2.14. The average molecular weight is 410 g/mol. The van der Waals surface area contributed by atoms with Gasteiger partial charge >= 0.3 is 5.97 Å². The number of aromatic nitrogens is 1. The van der Waals surface area contributed by atoms with Crippen molar-refractivity contribution in [3.63, 3.8) is 0 Å². The van der Waals surface area contributed by atoms with Gasteiger partial charge in [0.05, 0.1) is 18.7 Å². The molecule has 7 heteroatoms. The Bertz CT molecular complexity index is 1000. The predicted octanol–water partition coefficient (Wildman–Crippen LogP) is 4.23. The van der Waals surface area contributed by atoms with Crippen LogP contribution in [0.15, 0.2) is 54.6 Å². The Kier molecular flexibility index (Phi) is 6.61. The van der Waals surface area contributed by atoms with Crippen molar-refractivity contribution < 1.29 is 14.3 Å². The first-order chi connectivity index (χ1) is 14.0. The monoisotopic (exact) mass is 409 g/mol. The van der Waals surface area contributed by atoms with Crippen LogP contribution in [0.3, 0.4) is 0 Å². The van der Waals surface area contributed by atoms with Crippen LogP contribution in [0.4, 0.5) is 10.8 Å². The van der Waals surface area contributed by atoms with E-state index >= 15 is 0 Å². The molecule has 0 radical (unpaired) electrons. The van der Waals surface area contributed by atoms with Crippen LogP contribution in [0.25, 0.3) is 11.3 Å². The van der Waals surface area contributed by atoms with Crippen molar-refractivity contribution >= 4 is 34.0 Å². The van der Waals surface area contributed by atoms with Crippen LogP contribution >= 0.6 is 11.3 Å². The molecule has 0 fully saturated rings. The van der Waals surface area contributed by atoms with Gasteiger partial charge in [-0.25, -0.2) is 4.98 Å². The Balaban J connectivity index is 1.87. The topological polar surface area (TPSA) is 71.5 Å². The number of amides is 1. The highest BCUT2D eigenvalue weighted by Crippen LogP contribution is 2.32. The molecule has 0 saturated heterocycles. The highest BCUT2D eigenvalue weighted by molar-refractivity contribution is 7.16. The molecule has 1 heterocycles. The number of hydrogen-bond donors (Lipinski definition) is 1. The number of nitrogens with zero attached hydrogens (tertiary/aromatic N) is 2. The summed E-state index contributed by atoms with van der Waals surface area (Å²) in [6, 6.07) is 16.9. The molecule has 0 aliphatic heterocycles. The van der Waals surface area contributed by atoms with Gasteiger partial charge in [0.1, 0.15) is 0 Å². The summed E-state index contributed by atoms with van der Waals surface area (Å²) in [7, 11) is 3.84. The van der Waals surface area contributed by atoms with Gasteiger partial charge in [-0.1, -0.05) is 36.4 Å².